The molecule has 0 radical (unpaired) electrons. The second-order valence-electron chi connectivity index (χ2n) is 6.90. The van der Waals surface area contributed by atoms with Gasteiger partial charge in [-0.25, -0.2) is 0 Å². The Morgan fingerprint density at radius 1 is 1.32 bits per heavy atom. The minimum absolute atomic E-state index is 0.143. The maximum Gasteiger partial charge on any atom is 0.320 e. The number of hydrogen-bond donors (Lipinski definition) is 2. The van der Waals surface area contributed by atoms with Crippen LogP contribution in [-0.4, -0.2) is 22.1 Å². The molecule has 0 amide bonds. The van der Waals surface area contributed by atoms with Crippen molar-refractivity contribution in [2.75, 3.05) is 0 Å². The van der Waals surface area contributed by atoms with Gasteiger partial charge < -0.3 is 10.4 Å². The van der Waals surface area contributed by atoms with Gasteiger partial charge in [-0.3, -0.25) is 9.78 Å². The summed E-state index contributed by atoms with van der Waals surface area (Å²) >= 11 is 0. The van der Waals surface area contributed by atoms with Gasteiger partial charge in [0.25, 0.3) is 0 Å². The van der Waals surface area contributed by atoms with Gasteiger partial charge >= 0.3 is 5.97 Å². The molecule has 22 heavy (non-hydrogen) atoms. The van der Waals surface area contributed by atoms with E-state index in [0.29, 0.717) is 13.0 Å². The molecule has 2 N–H and O–H groups in total. The number of benzene rings is 1. The van der Waals surface area contributed by atoms with E-state index in [-0.39, 0.29) is 5.41 Å². The van der Waals surface area contributed by atoms with E-state index in [1.54, 1.807) is 6.20 Å². The number of rotatable bonds is 6. The van der Waals surface area contributed by atoms with E-state index in [2.05, 4.69) is 37.1 Å². The average Bonchev–Trinajstić information content (AvgIpc) is 2.45. The number of carboxylic acids is 1. The average molecular weight is 300 g/mol. The summed E-state index contributed by atoms with van der Waals surface area (Å²) in [6.07, 6.45) is 3.28. The van der Waals surface area contributed by atoms with Crippen molar-refractivity contribution in [1.82, 2.24) is 10.3 Å². The third-order valence-electron chi connectivity index (χ3n) is 3.70. The molecule has 0 fully saturated rings. The Kier molecular flexibility index (Phi) is 5.14. The van der Waals surface area contributed by atoms with Crippen molar-refractivity contribution in [1.29, 1.82) is 0 Å². The smallest absolute Gasteiger partial charge is 0.320 e. The van der Waals surface area contributed by atoms with Gasteiger partial charge in [-0.05, 0) is 42.0 Å². The summed E-state index contributed by atoms with van der Waals surface area (Å²) in [6, 6.07) is 9.42. The van der Waals surface area contributed by atoms with Crippen LogP contribution in [0.4, 0.5) is 0 Å². The largest absolute Gasteiger partial charge is 0.480 e. The van der Waals surface area contributed by atoms with Crippen LogP contribution in [0.15, 0.2) is 36.5 Å². The van der Waals surface area contributed by atoms with Crippen molar-refractivity contribution in [3.05, 3.63) is 42.1 Å². The molecule has 0 unspecified atom stereocenters. The van der Waals surface area contributed by atoms with Crippen LogP contribution in [-0.2, 0) is 11.3 Å². The van der Waals surface area contributed by atoms with Gasteiger partial charge in [0.05, 0.1) is 5.52 Å². The van der Waals surface area contributed by atoms with Crippen molar-refractivity contribution in [3.63, 3.8) is 0 Å². The quantitative estimate of drug-likeness (QED) is 0.855. The zero-order valence-electron chi connectivity index (χ0n) is 13.5. The molecular weight excluding hydrogens is 276 g/mol. The van der Waals surface area contributed by atoms with E-state index in [1.165, 1.54) is 0 Å². The lowest BCUT2D eigenvalue weighted by molar-refractivity contribution is -0.139. The molecule has 2 rings (SSSR count). The van der Waals surface area contributed by atoms with Gasteiger partial charge in [0, 0.05) is 18.1 Å². The Labute approximate surface area is 131 Å². The number of aromatic nitrogens is 1. The highest BCUT2D eigenvalue weighted by Gasteiger charge is 2.20. The summed E-state index contributed by atoms with van der Waals surface area (Å²) in [7, 11) is 0. The van der Waals surface area contributed by atoms with Crippen LogP contribution in [0.3, 0.4) is 0 Å². The van der Waals surface area contributed by atoms with E-state index in [9.17, 15) is 9.90 Å². The lowest BCUT2D eigenvalue weighted by atomic mass is 9.88. The Bertz CT molecular complexity index is 647. The van der Waals surface area contributed by atoms with E-state index < -0.39 is 12.0 Å². The zero-order chi connectivity index (χ0) is 16.2. The third kappa shape index (κ3) is 4.81. The number of carbonyl (C=O) groups is 1. The second-order valence-corrected chi connectivity index (χ2v) is 6.90. The molecule has 1 heterocycles. The minimum atomic E-state index is -0.785. The highest BCUT2D eigenvalue weighted by Crippen LogP contribution is 2.22. The van der Waals surface area contributed by atoms with E-state index in [0.717, 1.165) is 22.9 Å². The Morgan fingerprint density at radius 2 is 2.09 bits per heavy atom. The molecule has 0 saturated heterocycles. The van der Waals surface area contributed by atoms with Crippen molar-refractivity contribution in [2.45, 2.75) is 46.2 Å². The first-order valence-electron chi connectivity index (χ1n) is 7.65. The predicted octanol–water partition coefficient (Wildman–Crippen LogP) is 3.60. The summed E-state index contributed by atoms with van der Waals surface area (Å²) in [5, 5.41) is 13.6. The molecular formula is C18H24N2O2. The molecule has 0 aliphatic rings. The van der Waals surface area contributed by atoms with E-state index in [4.69, 9.17) is 0 Å². The molecule has 2 aromatic rings. The summed E-state index contributed by atoms with van der Waals surface area (Å²) in [5.41, 5.74) is 2.17. The molecule has 0 spiro atoms. The molecule has 0 aliphatic carbocycles. The van der Waals surface area contributed by atoms with Crippen LogP contribution < -0.4 is 5.32 Å². The molecule has 0 saturated carbocycles. The van der Waals surface area contributed by atoms with Crippen molar-refractivity contribution >= 4 is 16.9 Å². The molecule has 4 nitrogen and oxygen atoms in total. The number of hydrogen-bond acceptors (Lipinski definition) is 3. The molecule has 4 heteroatoms. The van der Waals surface area contributed by atoms with Gasteiger partial charge in [0.1, 0.15) is 6.04 Å². The standard InChI is InChI=1S/C18H24N2O2/c1-18(2,3)9-8-16(17(21)22)20-12-13-6-7-15-14(11-13)5-4-10-19-15/h4-7,10-11,16,20H,8-9,12H2,1-3H3,(H,21,22)/t16-/m0/s1. The number of carboxylic acid groups (broad SMARTS) is 1. The van der Waals surface area contributed by atoms with Gasteiger partial charge in [-0.1, -0.05) is 32.9 Å². The molecule has 1 aromatic carbocycles. The van der Waals surface area contributed by atoms with Gasteiger partial charge in [-0.2, -0.15) is 0 Å². The Morgan fingerprint density at radius 3 is 2.77 bits per heavy atom. The topological polar surface area (TPSA) is 62.2 Å². The Hall–Kier alpha value is -1.94. The second kappa shape index (κ2) is 6.88. The number of nitrogens with zero attached hydrogens (tertiary/aromatic N) is 1. The normalized spacial score (nSPS) is 13.2. The first-order valence-corrected chi connectivity index (χ1v) is 7.65. The van der Waals surface area contributed by atoms with Crippen LogP contribution >= 0.6 is 0 Å². The fraction of sp³-hybridized carbons (Fsp3) is 0.444. The van der Waals surface area contributed by atoms with E-state index in [1.807, 2.05) is 24.3 Å². The fourth-order valence-corrected chi connectivity index (χ4v) is 2.37. The maximum absolute atomic E-state index is 11.4. The van der Waals surface area contributed by atoms with Crippen molar-refractivity contribution < 1.29 is 9.90 Å². The first-order chi connectivity index (χ1) is 10.3. The monoisotopic (exact) mass is 300 g/mol. The van der Waals surface area contributed by atoms with Crippen LogP contribution in [0.2, 0.25) is 0 Å². The number of pyridine rings is 1. The highest BCUT2D eigenvalue weighted by molar-refractivity contribution is 5.79. The highest BCUT2D eigenvalue weighted by atomic mass is 16.4. The molecule has 0 bridgehead atoms. The van der Waals surface area contributed by atoms with E-state index >= 15 is 0 Å². The first kappa shape index (κ1) is 16.4. The van der Waals surface area contributed by atoms with Crippen LogP contribution in [0.25, 0.3) is 10.9 Å². The minimum Gasteiger partial charge on any atom is -0.480 e. The molecule has 1 aromatic heterocycles. The van der Waals surface area contributed by atoms with Gasteiger partial charge in [-0.15, -0.1) is 0 Å². The van der Waals surface area contributed by atoms with Crippen molar-refractivity contribution in [2.24, 2.45) is 5.41 Å². The van der Waals surface area contributed by atoms with Crippen molar-refractivity contribution in [3.8, 4) is 0 Å². The Balaban J connectivity index is 1.99. The SMILES string of the molecule is CC(C)(C)CC[C@H](NCc1ccc2ncccc2c1)C(=O)O. The third-order valence-corrected chi connectivity index (χ3v) is 3.70. The number of nitrogens with one attached hydrogen (secondary N) is 1. The lowest BCUT2D eigenvalue weighted by Gasteiger charge is -2.21. The van der Waals surface area contributed by atoms with Crippen LogP contribution in [0, 0.1) is 5.41 Å². The van der Waals surface area contributed by atoms with Gasteiger partial charge in [0.15, 0.2) is 0 Å². The summed E-state index contributed by atoms with van der Waals surface area (Å²) in [4.78, 5) is 15.7. The number of aliphatic carboxylic acids is 1. The zero-order valence-corrected chi connectivity index (χ0v) is 13.5. The lowest BCUT2D eigenvalue weighted by Crippen LogP contribution is -2.37. The molecule has 1 atom stereocenters. The maximum atomic E-state index is 11.4. The fourth-order valence-electron chi connectivity index (χ4n) is 2.37. The number of fused-ring (bicyclic) bond motifs is 1. The van der Waals surface area contributed by atoms with Crippen LogP contribution in [0.5, 0.6) is 0 Å². The molecule has 118 valence electrons. The summed E-state index contributed by atoms with van der Waals surface area (Å²) in [6.45, 7) is 6.93. The summed E-state index contributed by atoms with van der Waals surface area (Å²) < 4.78 is 0. The summed E-state index contributed by atoms with van der Waals surface area (Å²) in [5.74, 6) is -0.785. The predicted molar refractivity (Wildman–Crippen MR) is 88.7 cm³/mol. The molecule has 0 aliphatic heterocycles. The van der Waals surface area contributed by atoms with Gasteiger partial charge in [0.2, 0.25) is 0 Å². The van der Waals surface area contributed by atoms with Crippen LogP contribution in [0.1, 0.15) is 39.2 Å².